The minimum absolute atomic E-state index is 0.000914. The lowest BCUT2D eigenvalue weighted by atomic mass is 9.84. The van der Waals surface area contributed by atoms with Crippen molar-refractivity contribution >= 4 is 17.5 Å². The molecule has 3 aromatic carbocycles. The number of ether oxygens (including phenoxy) is 2. The zero-order valence-electron chi connectivity index (χ0n) is 20.9. The molecule has 0 radical (unpaired) electrons. The van der Waals surface area contributed by atoms with E-state index in [-0.39, 0.29) is 25.6 Å². The summed E-state index contributed by atoms with van der Waals surface area (Å²) >= 11 is 0. The van der Waals surface area contributed by atoms with Crippen molar-refractivity contribution in [3.8, 4) is 0 Å². The Balaban J connectivity index is 1.61. The fourth-order valence-corrected chi connectivity index (χ4v) is 4.89. The van der Waals surface area contributed by atoms with Gasteiger partial charge in [0, 0.05) is 0 Å². The summed E-state index contributed by atoms with van der Waals surface area (Å²) in [5.41, 5.74) is 4.30. The lowest BCUT2D eigenvalue weighted by Crippen LogP contribution is -2.40. The van der Waals surface area contributed by atoms with Crippen LogP contribution in [0.1, 0.15) is 43.4 Å². The lowest BCUT2D eigenvalue weighted by Gasteiger charge is -2.25. The molecule has 4 nitrogen and oxygen atoms in total. The third-order valence-electron chi connectivity index (χ3n) is 7.01. The van der Waals surface area contributed by atoms with Gasteiger partial charge in [-0.3, -0.25) is 9.59 Å². The number of allylic oxidation sites excluding steroid dienone is 3. The van der Waals surface area contributed by atoms with Gasteiger partial charge in [0.15, 0.2) is 5.41 Å². The van der Waals surface area contributed by atoms with E-state index in [4.69, 9.17) is 9.47 Å². The Morgan fingerprint density at radius 2 is 1.25 bits per heavy atom. The fourth-order valence-electron chi connectivity index (χ4n) is 4.89. The molecule has 0 aromatic heterocycles. The van der Waals surface area contributed by atoms with Gasteiger partial charge in [-0.1, -0.05) is 110 Å². The standard InChI is InChI=1S/C32H32O4/c1-23-19-32(30(33)35-21-26-13-7-4-8-14-26,31(34)36-22-27-15-9-5-10-16-27)20-29(23)25(3)24(2)28-17-11-6-12-18-28/h4-18,23H,2,19-22H2,1,3H3/b29-25+. The van der Waals surface area contributed by atoms with Crippen molar-refractivity contribution in [2.75, 3.05) is 0 Å². The van der Waals surface area contributed by atoms with Crippen LogP contribution in [0.3, 0.4) is 0 Å². The molecule has 4 rings (SSSR count). The summed E-state index contributed by atoms with van der Waals surface area (Å²) in [6.07, 6.45) is 0.593. The molecule has 0 amide bonds. The molecule has 184 valence electrons. The minimum Gasteiger partial charge on any atom is -0.460 e. The highest BCUT2D eigenvalue weighted by Crippen LogP contribution is 2.49. The first kappa shape index (κ1) is 25.2. The average molecular weight is 481 g/mol. The van der Waals surface area contributed by atoms with Crippen LogP contribution in [0.2, 0.25) is 0 Å². The van der Waals surface area contributed by atoms with Gasteiger partial charge in [0.05, 0.1) is 0 Å². The Bertz CT molecular complexity index is 1190. The van der Waals surface area contributed by atoms with Crippen molar-refractivity contribution in [3.63, 3.8) is 0 Å². The van der Waals surface area contributed by atoms with Gasteiger partial charge in [-0.25, -0.2) is 0 Å². The molecule has 0 spiro atoms. The quantitative estimate of drug-likeness (QED) is 0.259. The summed E-state index contributed by atoms with van der Waals surface area (Å²) in [6, 6.07) is 28.9. The van der Waals surface area contributed by atoms with E-state index < -0.39 is 17.4 Å². The highest BCUT2D eigenvalue weighted by Gasteiger charge is 2.55. The molecule has 1 saturated carbocycles. The van der Waals surface area contributed by atoms with Crippen LogP contribution in [-0.2, 0) is 32.3 Å². The molecule has 36 heavy (non-hydrogen) atoms. The van der Waals surface area contributed by atoms with Crippen molar-refractivity contribution in [1.82, 2.24) is 0 Å². The van der Waals surface area contributed by atoms with Gasteiger partial charge in [-0.15, -0.1) is 0 Å². The zero-order valence-corrected chi connectivity index (χ0v) is 20.9. The van der Waals surface area contributed by atoms with Gasteiger partial charge < -0.3 is 9.47 Å². The Hall–Kier alpha value is -3.92. The number of carbonyl (C=O) groups is 2. The number of rotatable bonds is 8. The first-order valence-electron chi connectivity index (χ1n) is 12.3. The second kappa shape index (κ2) is 11.2. The van der Waals surface area contributed by atoms with Gasteiger partial charge >= 0.3 is 11.9 Å². The number of hydrogen-bond acceptors (Lipinski definition) is 4. The molecule has 0 aliphatic heterocycles. The normalized spacial score (nSPS) is 17.8. The van der Waals surface area contributed by atoms with E-state index in [0.29, 0.717) is 6.42 Å². The molecule has 0 heterocycles. The summed E-state index contributed by atoms with van der Waals surface area (Å²) in [5.74, 6) is -1.08. The maximum Gasteiger partial charge on any atom is 0.324 e. The summed E-state index contributed by atoms with van der Waals surface area (Å²) in [7, 11) is 0. The van der Waals surface area contributed by atoms with Gasteiger partial charge in [-0.05, 0) is 53.5 Å². The van der Waals surface area contributed by atoms with Crippen LogP contribution in [0, 0.1) is 11.3 Å². The van der Waals surface area contributed by atoms with Crippen molar-refractivity contribution in [3.05, 3.63) is 125 Å². The van der Waals surface area contributed by atoms with E-state index >= 15 is 0 Å². The van der Waals surface area contributed by atoms with Gasteiger partial charge in [0.25, 0.3) is 0 Å². The van der Waals surface area contributed by atoms with Gasteiger partial charge in [-0.2, -0.15) is 0 Å². The molecule has 0 bridgehead atoms. The summed E-state index contributed by atoms with van der Waals surface area (Å²) in [5, 5.41) is 0. The van der Waals surface area contributed by atoms with Crippen LogP contribution < -0.4 is 0 Å². The second-order valence-electron chi connectivity index (χ2n) is 9.48. The SMILES string of the molecule is C=C(/C(C)=C1\CC(C(=O)OCc2ccccc2)(C(=O)OCc2ccccc2)CC1C)c1ccccc1. The Morgan fingerprint density at radius 3 is 1.72 bits per heavy atom. The molecule has 0 saturated heterocycles. The molecule has 4 heteroatoms. The van der Waals surface area contributed by atoms with Crippen molar-refractivity contribution in [1.29, 1.82) is 0 Å². The molecule has 1 aliphatic rings. The lowest BCUT2D eigenvalue weighted by molar-refractivity contribution is -0.174. The Morgan fingerprint density at radius 1 is 0.806 bits per heavy atom. The van der Waals surface area contributed by atoms with Crippen LogP contribution in [0.5, 0.6) is 0 Å². The van der Waals surface area contributed by atoms with Crippen LogP contribution in [0.25, 0.3) is 5.57 Å². The van der Waals surface area contributed by atoms with Gasteiger partial charge in [0.2, 0.25) is 0 Å². The van der Waals surface area contributed by atoms with Crippen molar-refractivity contribution in [2.45, 2.75) is 39.9 Å². The van der Waals surface area contributed by atoms with Crippen LogP contribution in [-0.4, -0.2) is 11.9 Å². The summed E-state index contributed by atoms with van der Waals surface area (Å²) < 4.78 is 11.5. The number of benzene rings is 3. The molecular formula is C32H32O4. The van der Waals surface area contributed by atoms with E-state index in [0.717, 1.165) is 33.4 Å². The second-order valence-corrected chi connectivity index (χ2v) is 9.48. The van der Waals surface area contributed by atoms with E-state index in [9.17, 15) is 9.59 Å². The molecule has 1 aliphatic carbocycles. The summed E-state index contributed by atoms with van der Waals surface area (Å²) in [4.78, 5) is 27.2. The minimum atomic E-state index is -1.39. The van der Waals surface area contributed by atoms with E-state index in [1.807, 2.05) is 105 Å². The molecule has 1 atom stereocenters. The molecule has 1 fully saturated rings. The smallest absolute Gasteiger partial charge is 0.324 e. The third kappa shape index (κ3) is 5.49. The van der Waals surface area contributed by atoms with E-state index in [1.165, 1.54) is 0 Å². The van der Waals surface area contributed by atoms with Crippen molar-refractivity contribution < 1.29 is 19.1 Å². The van der Waals surface area contributed by atoms with E-state index in [2.05, 4.69) is 6.58 Å². The molecule has 3 aromatic rings. The fraction of sp³-hybridized carbons (Fsp3) is 0.250. The number of esters is 2. The predicted molar refractivity (Wildman–Crippen MR) is 141 cm³/mol. The maximum absolute atomic E-state index is 13.6. The third-order valence-corrected chi connectivity index (χ3v) is 7.01. The van der Waals surface area contributed by atoms with Crippen LogP contribution in [0.15, 0.2) is 109 Å². The highest BCUT2D eigenvalue weighted by molar-refractivity contribution is 6.01. The largest absolute Gasteiger partial charge is 0.460 e. The average Bonchev–Trinajstić information content (AvgIpc) is 3.29. The van der Waals surface area contributed by atoms with Crippen molar-refractivity contribution in [2.24, 2.45) is 11.3 Å². The maximum atomic E-state index is 13.6. The van der Waals surface area contributed by atoms with Crippen LogP contribution in [0.4, 0.5) is 0 Å². The van der Waals surface area contributed by atoms with Gasteiger partial charge in [0.1, 0.15) is 13.2 Å². The van der Waals surface area contributed by atoms with E-state index in [1.54, 1.807) is 0 Å². The number of carbonyl (C=O) groups excluding carboxylic acids is 2. The predicted octanol–water partition coefficient (Wildman–Crippen LogP) is 6.92. The first-order chi connectivity index (χ1) is 17.4. The Kier molecular flexibility index (Phi) is 7.84. The molecular weight excluding hydrogens is 448 g/mol. The zero-order chi connectivity index (χ0) is 25.5. The topological polar surface area (TPSA) is 52.6 Å². The molecule has 0 N–H and O–H groups in total. The van der Waals surface area contributed by atoms with Crippen LogP contribution >= 0.6 is 0 Å². The summed E-state index contributed by atoms with van der Waals surface area (Å²) in [6.45, 7) is 8.58. The monoisotopic (exact) mass is 480 g/mol. The number of hydrogen-bond donors (Lipinski definition) is 0. The highest BCUT2D eigenvalue weighted by atomic mass is 16.6. The Labute approximate surface area is 213 Å². The molecule has 1 unspecified atom stereocenters. The first-order valence-corrected chi connectivity index (χ1v) is 12.3.